The van der Waals surface area contributed by atoms with Crippen LogP contribution in [0.5, 0.6) is 0 Å². The number of benzene rings is 2. The second-order valence-electron chi connectivity index (χ2n) is 5.75. The standard InChI is InChI=1S/C19H13ClN2O6/c1-11-17(18(21-28-11)12-5-3-2-4-6-12)19(24)27-10-16(23)13-7-8-14(20)15(9-13)22(25)26/h2-9H,10H2,1H3. The first-order valence-corrected chi connectivity index (χ1v) is 8.42. The Bertz CT molecular complexity index is 1060. The van der Waals surface area contributed by atoms with Crippen molar-refractivity contribution < 1.29 is 23.8 Å². The Morgan fingerprint density at radius 3 is 2.61 bits per heavy atom. The first kappa shape index (κ1) is 19.2. The van der Waals surface area contributed by atoms with E-state index in [1.807, 2.05) is 6.07 Å². The Labute approximate surface area is 163 Å². The fourth-order valence-electron chi connectivity index (χ4n) is 2.52. The van der Waals surface area contributed by atoms with Crippen LogP contribution in [0.25, 0.3) is 11.3 Å². The lowest BCUT2D eigenvalue weighted by Crippen LogP contribution is -2.15. The molecular formula is C19H13ClN2O6. The summed E-state index contributed by atoms with van der Waals surface area (Å²) in [4.78, 5) is 35.0. The molecule has 0 saturated carbocycles. The third kappa shape index (κ3) is 3.91. The molecule has 28 heavy (non-hydrogen) atoms. The topological polar surface area (TPSA) is 113 Å². The summed E-state index contributed by atoms with van der Waals surface area (Å²) in [5, 5.41) is 14.7. The average Bonchev–Trinajstić information content (AvgIpc) is 3.08. The summed E-state index contributed by atoms with van der Waals surface area (Å²) in [6.07, 6.45) is 0. The van der Waals surface area contributed by atoms with Crippen molar-refractivity contribution in [2.45, 2.75) is 6.92 Å². The fourth-order valence-corrected chi connectivity index (χ4v) is 2.70. The van der Waals surface area contributed by atoms with Crippen molar-refractivity contribution in [2.24, 2.45) is 0 Å². The Balaban J connectivity index is 1.77. The van der Waals surface area contributed by atoms with Gasteiger partial charge >= 0.3 is 5.97 Å². The summed E-state index contributed by atoms with van der Waals surface area (Å²) in [5.41, 5.74) is 0.680. The van der Waals surface area contributed by atoms with Crippen LogP contribution in [0, 0.1) is 17.0 Å². The predicted octanol–water partition coefficient (Wildman–Crippen LogP) is 4.25. The smallest absolute Gasteiger partial charge is 0.344 e. The molecular weight excluding hydrogens is 388 g/mol. The number of hydrogen-bond donors (Lipinski definition) is 0. The molecule has 0 spiro atoms. The Hall–Kier alpha value is -3.52. The summed E-state index contributed by atoms with van der Waals surface area (Å²) in [7, 11) is 0. The van der Waals surface area contributed by atoms with E-state index in [0.717, 1.165) is 6.07 Å². The molecule has 9 heteroatoms. The van der Waals surface area contributed by atoms with Crippen LogP contribution in [0.15, 0.2) is 53.1 Å². The van der Waals surface area contributed by atoms with Crippen LogP contribution in [0.3, 0.4) is 0 Å². The molecule has 0 aliphatic heterocycles. The number of ether oxygens (including phenoxy) is 1. The molecule has 0 saturated heterocycles. The van der Waals surface area contributed by atoms with Crippen LogP contribution in [-0.4, -0.2) is 28.4 Å². The minimum Gasteiger partial charge on any atom is -0.454 e. The zero-order chi connectivity index (χ0) is 20.3. The van der Waals surface area contributed by atoms with Crippen molar-refractivity contribution in [3.8, 4) is 11.3 Å². The summed E-state index contributed by atoms with van der Waals surface area (Å²) >= 11 is 5.73. The zero-order valence-corrected chi connectivity index (χ0v) is 15.3. The van der Waals surface area contributed by atoms with Crippen molar-refractivity contribution in [2.75, 3.05) is 6.61 Å². The van der Waals surface area contributed by atoms with Gasteiger partial charge in [-0.15, -0.1) is 0 Å². The van der Waals surface area contributed by atoms with Gasteiger partial charge in [-0.25, -0.2) is 4.79 Å². The number of nitro benzene ring substituents is 1. The number of hydrogen-bond acceptors (Lipinski definition) is 7. The quantitative estimate of drug-likeness (QED) is 0.263. The summed E-state index contributed by atoms with van der Waals surface area (Å²) in [6.45, 7) is 0.955. The second kappa shape index (κ2) is 8.01. The highest BCUT2D eigenvalue weighted by Gasteiger charge is 2.24. The molecule has 8 nitrogen and oxygen atoms in total. The highest BCUT2D eigenvalue weighted by molar-refractivity contribution is 6.32. The van der Waals surface area contributed by atoms with Gasteiger partial charge < -0.3 is 9.26 Å². The Kier molecular flexibility index (Phi) is 5.51. The van der Waals surface area contributed by atoms with E-state index in [-0.39, 0.29) is 21.9 Å². The molecule has 0 amide bonds. The van der Waals surface area contributed by atoms with Crippen LogP contribution in [0.1, 0.15) is 26.5 Å². The van der Waals surface area contributed by atoms with Crippen LogP contribution in [0.4, 0.5) is 5.69 Å². The number of aryl methyl sites for hydroxylation is 1. The number of carbonyl (C=O) groups is 2. The van der Waals surface area contributed by atoms with Gasteiger partial charge in [0, 0.05) is 17.2 Å². The van der Waals surface area contributed by atoms with E-state index in [9.17, 15) is 19.7 Å². The van der Waals surface area contributed by atoms with Gasteiger partial charge in [0.2, 0.25) is 5.78 Å². The monoisotopic (exact) mass is 400 g/mol. The molecule has 0 N–H and O–H groups in total. The lowest BCUT2D eigenvalue weighted by Gasteiger charge is -2.05. The van der Waals surface area contributed by atoms with Gasteiger partial charge in [0.05, 0.1) is 4.92 Å². The first-order valence-electron chi connectivity index (χ1n) is 8.04. The molecule has 0 aliphatic rings. The van der Waals surface area contributed by atoms with Gasteiger partial charge in [0.25, 0.3) is 5.69 Å². The molecule has 3 rings (SSSR count). The summed E-state index contributed by atoms with van der Waals surface area (Å²) in [5.74, 6) is -1.14. The van der Waals surface area contributed by atoms with E-state index in [2.05, 4.69) is 5.16 Å². The molecule has 3 aromatic rings. The van der Waals surface area contributed by atoms with E-state index in [1.165, 1.54) is 12.1 Å². The number of aromatic nitrogens is 1. The number of Topliss-reactive ketones (excluding diaryl/α,β-unsaturated/α-hetero) is 1. The van der Waals surface area contributed by atoms with Gasteiger partial charge in [-0.1, -0.05) is 47.1 Å². The van der Waals surface area contributed by atoms with Gasteiger partial charge in [0.15, 0.2) is 6.61 Å². The van der Waals surface area contributed by atoms with E-state index in [1.54, 1.807) is 31.2 Å². The SMILES string of the molecule is Cc1onc(-c2ccccc2)c1C(=O)OCC(=O)c1ccc(Cl)c([N+](=O)[O-])c1. The maximum Gasteiger partial charge on any atom is 0.344 e. The van der Waals surface area contributed by atoms with E-state index < -0.39 is 29.0 Å². The van der Waals surface area contributed by atoms with Gasteiger partial charge in [0.1, 0.15) is 22.0 Å². The highest BCUT2D eigenvalue weighted by Crippen LogP contribution is 2.27. The average molecular weight is 401 g/mol. The maximum atomic E-state index is 12.5. The van der Waals surface area contributed by atoms with Crippen molar-refractivity contribution in [1.29, 1.82) is 0 Å². The molecule has 0 bridgehead atoms. The molecule has 142 valence electrons. The second-order valence-corrected chi connectivity index (χ2v) is 6.16. The van der Waals surface area contributed by atoms with Crippen molar-refractivity contribution in [3.05, 3.63) is 80.6 Å². The van der Waals surface area contributed by atoms with E-state index >= 15 is 0 Å². The fraction of sp³-hybridized carbons (Fsp3) is 0.105. The number of esters is 1. The van der Waals surface area contributed by atoms with Crippen molar-refractivity contribution in [3.63, 3.8) is 0 Å². The maximum absolute atomic E-state index is 12.5. The number of ketones is 1. The molecule has 1 aromatic heterocycles. The van der Waals surface area contributed by atoms with Crippen LogP contribution in [0.2, 0.25) is 5.02 Å². The minimum atomic E-state index is -0.783. The third-order valence-electron chi connectivity index (χ3n) is 3.91. The highest BCUT2D eigenvalue weighted by atomic mass is 35.5. The molecule has 2 aromatic carbocycles. The lowest BCUT2D eigenvalue weighted by molar-refractivity contribution is -0.384. The van der Waals surface area contributed by atoms with Crippen LogP contribution >= 0.6 is 11.6 Å². The number of halogens is 1. The van der Waals surface area contributed by atoms with E-state index in [4.69, 9.17) is 20.9 Å². The summed E-state index contributed by atoms with van der Waals surface area (Å²) < 4.78 is 10.2. The summed E-state index contributed by atoms with van der Waals surface area (Å²) in [6, 6.07) is 12.5. The molecule has 1 heterocycles. The molecule has 0 aliphatic carbocycles. The molecule has 0 atom stereocenters. The third-order valence-corrected chi connectivity index (χ3v) is 4.23. The molecule has 0 radical (unpaired) electrons. The number of nitrogens with zero attached hydrogens (tertiary/aromatic N) is 2. The van der Waals surface area contributed by atoms with Gasteiger partial charge in [-0.3, -0.25) is 14.9 Å². The van der Waals surface area contributed by atoms with Gasteiger partial charge in [-0.2, -0.15) is 0 Å². The number of rotatable bonds is 6. The van der Waals surface area contributed by atoms with Crippen LogP contribution in [-0.2, 0) is 4.74 Å². The van der Waals surface area contributed by atoms with Gasteiger partial charge in [-0.05, 0) is 19.1 Å². The Morgan fingerprint density at radius 1 is 1.21 bits per heavy atom. The Morgan fingerprint density at radius 2 is 1.93 bits per heavy atom. The largest absolute Gasteiger partial charge is 0.454 e. The zero-order valence-electron chi connectivity index (χ0n) is 14.5. The predicted molar refractivity (Wildman–Crippen MR) is 99.4 cm³/mol. The van der Waals surface area contributed by atoms with Crippen LogP contribution < -0.4 is 0 Å². The minimum absolute atomic E-state index is 0.00854. The van der Waals surface area contributed by atoms with E-state index in [0.29, 0.717) is 11.3 Å². The first-order chi connectivity index (χ1) is 13.4. The van der Waals surface area contributed by atoms with Crippen molar-refractivity contribution in [1.82, 2.24) is 5.16 Å². The molecule has 0 fully saturated rings. The van der Waals surface area contributed by atoms with Crippen molar-refractivity contribution >= 4 is 29.0 Å². The number of carbonyl (C=O) groups excluding carboxylic acids is 2. The lowest BCUT2D eigenvalue weighted by atomic mass is 10.1. The number of nitro groups is 1. The normalized spacial score (nSPS) is 10.5. The molecule has 0 unspecified atom stereocenters.